The molecular weight excluding hydrogens is 214 g/mol. The van der Waals surface area contributed by atoms with E-state index in [0.717, 1.165) is 31.5 Å². The first-order valence-electron chi connectivity index (χ1n) is 6.15. The first kappa shape index (κ1) is 12.0. The fourth-order valence-corrected chi connectivity index (χ4v) is 2.22. The van der Waals surface area contributed by atoms with E-state index in [4.69, 9.17) is 0 Å². The maximum absolute atomic E-state index is 11.9. The van der Waals surface area contributed by atoms with E-state index in [1.807, 2.05) is 25.2 Å². The average molecular weight is 233 g/mol. The smallest absolute Gasteiger partial charge is 0.237 e. The number of hydrogen-bond donors (Lipinski definition) is 1. The van der Waals surface area contributed by atoms with E-state index in [1.165, 1.54) is 0 Å². The van der Waals surface area contributed by atoms with E-state index in [2.05, 4.69) is 15.2 Å². The summed E-state index contributed by atoms with van der Waals surface area (Å²) in [4.78, 5) is 18.2. The second kappa shape index (κ2) is 5.77. The van der Waals surface area contributed by atoms with E-state index in [-0.39, 0.29) is 11.9 Å². The third-order valence-corrected chi connectivity index (χ3v) is 3.23. The molecular formula is C13H19N3O. The number of likely N-dealkylation sites (N-methyl/N-ethyl adjacent to an activating group) is 1. The van der Waals surface area contributed by atoms with Gasteiger partial charge in [0.1, 0.15) is 0 Å². The molecule has 1 aliphatic rings. The minimum Gasteiger partial charge on any atom is -0.354 e. The zero-order valence-corrected chi connectivity index (χ0v) is 10.2. The number of likely N-dealkylation sites (tertiary alicyclic amines) is 1. The summed E-state index contributed by atoms with van der Waals surface area (Å²) in [6.45, 7) is 1.69. The zero-order chi connectivity index (χ0) is 12.1. The fourth-order valence-electron chi connectivity index (χ4n) is 2.22. The molecule has 4 nitrogen and oxygen atoms in total. The maximum Gasteiger partial charge on any atom is 0.237 e. The monoisotopic (exact) mass is 233 g/mol. The van der Waals surface area contributed by atoms with Crippen LogP contribution in [0.15, 0.2) is 24.4 Å². The Kier molecular flexibility index (Phi) is 4.09. The van der Waals surface area contributed by atoms with Crippen molar-refractivity contribution in [1.29, 1.82) is 0 Å². The standard InChI is InChI=1S/C13H19N3O/c1-16-10-4-6-12(16)13(17)15-9-7-11-5-2-3-8-14-11/h2-3,5,8,12H,4,6-7,9-10H2,1H3,(H,15,17)/t12-/m0/s1. The van der Waals surface area contributed by atoms with Crippen LogP contribution in [0.3, 0.4) is 0 Å². The minimum atomic E-state index is 0.0683. The van der Waals surface area contributed by atoms with Crippen molar-refractivity contribution in [3.8, 4) is 0 Å². The van der Waals surface area contributed by atoms with E-state index in [0.29, 0.717) is 6.54 Å². The molecule has 0 unspecified atom stereocenters. The van der Waals surface area contributed by atoms with Crippen LogP contribution in [0.4, 0.5) is 0 Å². The Balaban J connectivity index is 1.73. The number of hydrogen-bond acceptors (Lipinski definition) is 3. The molecule has 2 heterocycles. The number of amides is 1. The van der Waals surface area contributed by atoms with Gasteiger partial charge in [-0.05, 0) is 38.6 Å². The van der Waals surface area contributed by atoms with Gasteiger partial charge in [-0.1, -0.05) is 6.07 Å². The lowest BCUT2D eigenvalue weighted by atomic mass is 10.2. The molecule has 17 heavy (non-hydrogen) atoms. The number of pyridine rings is 1. The first-order chi connectivity index (χ1) is 8.27. The summed E-state index contributed by atoms with van der Waals surface area (Å²) in [7, 11) is 2.01. The van der Waals surface area contributed by atoms with Crippen LogP contribution in [0.25, 0.3) is 0 Å². The summed E-state index contributed by atoms with van der Waals surface area (Å²) in [6, 6.07) is 5.91. The maximum atomic E-state index is 11.9. The van der Waals surface area contributed by atoms with Crippen LogP contribution in [-0.4, -0.2) is 42.0 Å². The second-order valence-electron chi connectivity index (χ2n) is 4.50. The lowest BCUT2D eigenvalue weighted by Gasteiger charge is -2.18. The van der Waals surface area contributed by atoms with E-state index < -0.39 is 0 Å². The van der Waals surface area contributed by atoms with Crippen molar-refractivity contribution >= 4 is 5.91 Å². The van der Waals surface area contributed by atoms with Crippen molar-refractivity contribution in [2.24, 2.45) is 0 Å². The van der Waals surface area contributed by atoms with Crippen LogP contribution >= 0.6 is 0 Å². The predicted octanol–water partition coefficient (Wildman–Crippen LogP) is 0.834. The van der Waals surface area contributed by atoms with Crippen LogP contribution in [0.5, 0.6) is 0 Å². The normalized spacial score (nSPS) is 20.4. The molecule has 4 heteroatoms. The molecule has 1 aromatic heterocycles. The van der Waals surface area contributed by atoms with Gasteiger partial charge in [-0.25, -0.2) is 0 Å². The summed E-state index contributed by atoms with van der Waals surface area (Å²) in [5.41, 5.74) is 1.02. The molecule has 1 fully saturated rings. The van der Waals surface area contributed by atoms with Crippen molar-refractivity contribution in [3.05, 3.63) is 30.1 Å². The van der Waals surface area contributed by atoms with Gasteiger partial charge in [0.25, 0.3) is 0 Å². The van der Waals surface area contributed by atoms with E-state index in [9.17, 15) is 4.79 Å². The topological polar surface area (TPSA) is 45.2 Å². The number of carbonyl (C=O) groups is 1. The highest BCUT2D eigenvalue weighted by molar-refractivity contribution is 5.81. The van der Waals surface area contributed by atoms with Gasteiger partial charge < -0.3 is 5.32 Å². The molecule has 0 saturated carbocycles. The summed E-state index contributed by atoms with van der Waals surface area (Å²) >= 11 is 0. The van der Waals surface area contributed by atoms with Gasteiger partial charge in [0.2, 0.25) is 5.91 Å². The van der Waals surface area contributed by atoms with Crippen molar-refractivity contribution in [3.63, 3.8) is 0 Å². The van der Waals surface area contributed by atoms with Crippen molar-refractivity contribution in [2.75, 3.05) is 20.1 Å². The summed E-state index contributed by atoms with van der Waals surface area (Å²) in [6.07, 6.45) is 4.67. The highest BCUT2D eigenvalue weighted by Gasteiger charge is 2.27. The molecule has 1 aliphatic heterocycles. The highest BCUT2D eigenvalue weighted by Crippen LogP contribution is 2.14. The number of nitrogens with one attached hydrogen (secondary N) is 1. The third-order valence-electron chi connectivity index (χ3n) is 3.23. The van der Waals surface area contributed by atoms with Gasteiger partial charge in [-0.15, -0.1) is 0 Å². The molecule has 92 valence electrons. The van der Waals surface area contributed by atoms with Gasteiger partial charge in [0.05, 0.1) is 6.04 Å². The van der Waals surface area contributed by atoms with Gasteiger partial charge in [-0.3, -0.25) is 14.7 Å². The lowest BCUT2D eigenvalue weighted by molar-refractivity contribution is -0.125. The Morgan fingerprint density at radius 2 is 2.47 bits per heavy atom. The summed E-state index contributed by atoms with van der Waals surface area (Å²) in [5, 5.41) is 2.98. The summed E-state index contributed by atoms with van der Waals surface area (Å²) < 4.78 is 0. The Bertz CT molecular complexity index is 366. The van der Waals surface area contributed by atoms with Crippen LogP contribution in [0.2, 0.25) is 0 Å². The first-order valence-corrected chi connectivity index (χ1v) is 6.15. The Labute approximate surface area is 102 Å². The third kappa shape index (κ3) is 3.27. The average Bonchev–Trinajstić information content (AvgIpc) is 2.77. The molecule has 0 aromatic carbocycles. The molecule has 0 aliphatic carbocycles. The minimum absolute atomic E-state index is 0.0683. The Morgan fingerprint density at radius 3 is 3.12 bits per heavy atom. The molecule has 2 rings (SSSR count). The molecule has 1 N–H and O–H groups in total. The SMILES string of the molecule is CN1CCC[C@H]1C(=O)NCCc1ccccn1. The number of rotatable bonds is 4. The molecule has 0 bridgehead atoms. The quantitative estimate of drug-likeness (QED) is 0.838. The number of carbonyl (C=O) groups excluding carboxylic acids is 1. The Morgan fingerprint density at radius 1 is 1.59 bits per heavy atom. The largest absolute Gasteiger partial charge is 0.354 e. The summed E-state index contributed by atoms with van der Waals surface area (Å²) in [5.74, 6) is 0.154. The van der Waals surface area contributed by atoms with Gasteiger partial charge in [-0.2, -0.15) is 0 Å². The Hall–Kier alpha value is -1.42. The predicted molar refractivity (Wildman–Crippen MR) is 66.6 cm³/mol. The van der Waals surface area contributed by atoms with Crippen molar-refractivity contribution in [2.45, 2.75) is 25.3 Å². The molecule has 1 aromatic rings. The van der Waals surface area contributed by atoms with Crippen LogP contribution in [0.1, 0.15) is 18.5 Å². The van der Waals surface area contributed by atoms with Crippen LogP contribution < -0.4 is 5.32 Å². The lowest BCUT2D eigenvalue weighted by Crippen LogP contribution is -2.42. The number of nitrogens with zero attached hydrogens (tertiary/aromatic N) is 2. The van der Waals surface area contributed by atoms with Crippen molar-refractivity contribution < 1.29 is 4.79 Å². The number of aromatic nitrogens is 1. The second-order valence-corrected chi connectivity index (χ2v) is 4.50. The fraction of sp³-hybridized carbons (Fsp3) is 0.538. The highest BCUT2D eigenvalue weighted by atomic mass is 16.2. The molecule has 0 spiro atoms. The van der Waals surface area contributed by atoms with E-state index >= 15 is 0 Å². The van der Waals surface area contributed by atoms with Gasteiger partial charge >= 0.3 is 0 Å². The van der Waals surface area contributed by atoms with Crippen LogP contribution in [-0.2, 0) is 11.2 Å². The molecule has 1 saturated heterocycles. The zero-order valence-electron chi connectivity index (χ0n) is 10.2. The van der Waals surface area contributed by atoms with Gasteiger partial charge in [0.15, 0.2) is 0 Å². The molecule has 1 amide bonds. The molecule has 1 atom stereocenters. The van der Waals surface area contributed by atoms with Crippen molar-refractivity contribution in [1.82, 2.24) is 15.2 Å². The van der Waals surface area contributed by atoms with Crippen LogP contribution in [0, 0.1) is 0 Å². The molecule has 0 radical (unpaired) electrons. The van der Waals surface area contributed by atoms with Gasteiger partial charge in [0, 0.05) is 24.9 Å². The van der Waals surface area contributed by atoms with E-state index in [1.54, 1.807) is 6.20 Å².